The molecule has 0 atom stereocenters. The second-order valence-electron chi connectivity index (χ2n) is 5.24. The SMILES string of the molecule is COCc1nnc(NC(=O)CN(C)Cc2ccc3nonc3c2)s1. The van der Waals surface area contributed by atoms with Gasteiger partial charge in [-0.3, -0.25) is 15.0 Å². The highest BCUT2D eigenvalue weighted by molar-refractivity contribution is 7.15. The molecular weight excluding hydrogens is 332 g/mol. The molecule has 3 rings (SSSR count). The molecule has 0 aliphatic carbocycles. The Bertz CT molecular complexity index is 833. The first-order chi connectivity index (χ1) is 11.6. The molecule has 0 unspecified atom stereocenters. The number of carbonyl (C=O) groups is 1. The lowest BCUT2D eigenvalue weighted by Crippen LogP contribution is -2.29. The summed E-state index contributed by atoms with van der Waals surface area (Å²) in [6, 6.07) is 5.67. The molecule has 3 aromatic rings. The van der Waals surface area contributed by atoms with Gasteiger partial charge in [0.2, 0.25) is 11.0 Å². The highest BCUT2D eigenvalue weighted by atomic mass is 32.1. The molecule has 0 aliphatic heterocycles. The van der Waals surface area contributed by atoms with Crippen LogP contribution in [0.1, 0.15) is 10.6 Å². The van der Waals surface area contributed by atoms with E-state index in [-0.39, 0.29) is 12.5 Å². The van der Waals surface area contributed by atoms with Crippen LogP contribution in [0.4, 0.5) is 5.13 Å². The number of benzene rings is 1. The van der Waals surface area contributed by atoms with Crippen molar-refractivity contribution >= 4 is 33.4 Å². The van der Waals surface area contributed by atoms with E-state index in [1.54, 1.807) is 7.11 Å². The number of carbonyl (C=O) groups excluding carboxylic acids is 1. The molecule has 1 N–H and O–H groups in total. The maximum Gasteiger partial charge on any atom is 0.240 e. The third kappa shape index (κ3) is 4.10. The summed E-state index contributed by atoms with van der Waals surface area (Å²) in [6.07, 6.45) is 0. The van der Waals surface area contributed by atoms with Crippen LogP contribution in [0.15, 0.2) is 22.8 Å². The van der Waals surface area contributed by atoms with E-state index >= 15 is 0 Å². The van der Waals surface area contributed by atoms with Crippen molar-refractivity contribution in [2.75, 3.05) is 26.0 Å². The Hall–Kier alpha value is -2.43. The molecule has 1 aromatic carbocycles. The van der Waals surface area contributed by atoms with E-state index in [1.165, 1.54) is 11.3 Å². The van der Waals surface area contributed by atoms with Gasteiger partial charge in [0.25, 0.3) is 0 Å². The minimum absolute atomic E-state index is 0.151. The van der Waals surface area contributed by atoms with Gasteiger partial charge in [-0.1, -0.05) is 17.4 Å². The Morgan fingerprint density at radius 3 is 3.00 bits per heavy atom. The number of hydrogen-bond donors (Lipinski definition) is 1. The van der Waals surface area contributed by atoms with Crippen molar-refractivity contribution in [3.8, 4) is 0 Å². The van der Waals surface area contributed by atoms with Gasteiger partial charge < -0.3 is 4.74 Å². The summed E-state index contributed by atoms with van der Waals surface area (Å²) in [5, 5.41) is 19.3. The number of likely N-dealkylation sites (N-methyl/N-ethyl adjacent to an activating group) is 1. The first kappa shape index (κ1) is 16.4. The number of rotatable bonds is 7. The van der Waals surface area contributed by atoms with Gasteiger partial charge in [-0.25, -0.2) is 4.63 Å². The largest absolute Gasteiger partial charge is 0.377 e. The number of hydrogen-bond acceptors (Lipinski definition) is 9. The molecule has 24 heavy (non-hydrogen) atoms. The van der Waals surface area contributed by atoms with Crippen molar-refractivity contribution in [2.45, 2.75) is 13.2 Å². The number of amides is 1. The van der Waals surface area contributed by atoms with Crippen LogP contribution in [0.2, 0.25) is 0 Å². The van der Waals surface area contributed by atoms with Gasteiger partial charge in [0, 0.05) is 13.7 Å². The van der Waals surface area contributed by atoms with Crippen molar-refractivity contribution in [1.29, 1.82) is 0 Å². The lowest BCUT2D eigenvalue weighted by molar-refractivity contribution is -0.117. The molecule has 0 fully saturated rings. The molecule has 2 heterocycles. The first-order valence-electron chi connectivity index (χ1n) is 7.15. The summed E-state index contributed by atoms with van der Waals surface area (Å²) in [6.45, 7) is 1.21. The third-order valence-corrected chi connectivity index (χ3v) is 3.98. The van der Waals surface area contributed by atoms with Crippen molar-refractivity contribution < 1.29 is 14.2 Å². The van der Waals surface area contributed by atoms with Crippen LogP contribution in [0.25, 0.3) is 11.0 Å². The molecular formula is C14H16N6O3S. The van der Waals surface area contributed by atoms with Crippen LogP contribution in [-0.4, -0.2) is 52.0 Å². The number of ether oxygens (including phenoxy) is 1. The number of aromatic nitrogens is 4. The minimum Gasteiger partial charge on any atom is -0.377 e. The predicted molar refractivity (Wildman–Crippen MR) is 87.4 cm³/mol. The van der Waals surface area contributed by atoms with E-state index < -0.39 is 0 Å². The monoisotopic (exact) mass is 348 g/mol. The molecule has 0 saturated heterocycles. The average Bonchev–Trinajstić information content (AvgIpc) is 3.16. The van der Waals surface area contributed by atoms with Crippen LogP contribution >= 0.6 is 11.3 Å². The number of anilines is 1. The van der Waals surface area contributed by atoms with Gasteiger partial charge in [0.15, 0.2) is 0 Å². The van der Waals surface area contributed by atoms with Crippen LogP contribution < -0.4 is 5.32 Å². The average molecular weight is 348 g/mol. The second-order valence-corrected chi connectivity index (χ2v) is 6.30. The lowest BCUT2D eigenvalue weighted by Gasteiger charge is -2.15. The summed E-state index contributed by atoms with van der Waals surface area (Å²) >= 11 is 1.30. The molecule has 10 heteroatoms. The zero-order valence-corrected chi connectivity index (χ0v) is 14.0. The highest BCUT2D eigenvalue weighted by Gasteiger charge is 2.11. The zero-order chi connectivity index (χ0) is 16.9. The normalized spacial score (nSPS) is 11.3. The van der Waals surface area contributed by atoms with Gasteiger partial charge in [0.1, 0.15) is 22.6 Å². The Morgan fingerprint density at radius 1 is 1.33 bits per heavy atom. The van der Waals surface area contributed by atoms with E-state index in [1.807, 2.05) is 30.1 Å². The van der Waals surface area contributed by atoms with Crippen LogP contribution in [0, 0.1) is 0 Å². The Balaban J connectivity index is 1.53. The van der Waals surface area contributed by atoms with Gasteiger partial charge in [-0.05, 0) is 35.1 Å². The quantitative estimate of drug-likeness (QED) is 0.681. The number of nitrogens with one attached hydrogen (secondary N) is 1. The molecule has 126 valence electrons. The Morgan fingerprint density at radius 2 is 2.17 bits per heavy atom. The minimum atomic E-state index is -0.151. The highest BCUT2D eigenvalue weighted by Crippen LogP contribution is 2.16. The summed E-state index contributed by atoms with van der Waals surface area (Å²) in [5.74, 6) is -0.151. The number of fused-ring (bicyclic) bond motifs is 1. The topological polar surface area (TPSA) is 106 Å². The fourth-order valence-corrected chi connectivity index (χ4v) is 2.91. The van der Waals surface area contributed by atoms with E-state index in [4.69, 9.17) is 4.74 Å². The zero-order valence-electron chi connectivity index (χ0n) is 13.2. The molecule has 2 aromatic heterocycles. The maximum atomic E-state index is 12.1. The summed E-state index contributed by atoms with van der Waals surface area (Å²) in [4.78, 5) is 14.0. The molecule has 1 amide bonds. The third-order valence-electron chi connectivity index (χ3n) is 3.17. The first-order valence-corrected chi connectivity index (χ1v) is 7.96. The summed E-state index contributed by atoms with van der Waals surface area (Å²) in [5.41, 5.74) is 2.43. The van der Waals surface area contributed by atoms with Crippen molar-refractivity contribution in [3.05, 3.63) is 28.8 Å². The molecule has 0 aliphatic rings. The van der Waals surface area contributed by atoms with E-state index in [9.17, 15) is 4.79 Å². The van der Waals surface area contributed by atoms with Crippen LogP contribution in [0.5, 0.6) is 0 Å². The summed E-state index contributed by atoms with van der Waals surface area (Å²) in [7, 11) is 3.45. The fourth-order valence-electron chi connectivity index (χ4n) is 2.18. The predicted octanol–water partition coefficient (Wildman–Crippen LogP) is 1.29. The van der Waals surface area contributed by atoms with Crippen molar-refractivity contribution in [1.82, 2.24) is 25.4 Å². The van der Waals surface area contributed by atoms with E-state index in [0.717, 1.165) is 10.6 Å². The molecule has 0 radical (unpaired) electrons. The molecule has 0 saturated carbocycles. The molecule has 0 bridgehead atoms. The van der Waals surface area contributed by atoms with Gasteiger partial charge in [-0.2, -0.15) is 0 Å². The Kier molecular flexibility index (Phi) is 5.08. The number of methoxy groups -OCH3 is 1. The summed E-state index contributed by atoms with van der Waals surface area (Å²) < 4.78 is 9.65. The van der Waals surface area contributed by atoms with Gasteiger partial charge in [-0.15, -0.1) is 10.2 Å². The smallest absolute Gasteiger partial charge is 0.240 e. The lowest BCUT2D eigenvalue weighted by atomic mass is 10.2. The maximum absolute atomic E-state index is 12.1. The Labute approximate surface area is 141 Å². The van der Waals surface area contributed by atoms with Crippen LogP contribution in [-0.2, 0) is 22.7 Å². The fraction of sp³-hybridized carbons (Fsp3) is 0.357. The molecule has 0 spiro atoms. The van der Waals surface area contributed by atoms with Gasteiger partial charge >= 0.3 is 0 Å². The van der Waals surface area contributed by atoms with Crippen LogP contribution in [0.3, 0.4) is 0 Å². The van der Waals surface area contributed by atoms with E-state index in [2.05, 4.69) is 30.5 Å². The van der Waals surface area contributed by atoms with Crippen molar-refractivity contribution in [2.24, 2.45) is 0 Å². The van der Waals surface area contributed by atoms with Gasteiger partial charge in [0.05, 0.1) is 6.54 Å². The second kappa shape index (κ2) is 7.43. The number of nitrogens with zero attached hydrogens (tertiary/aromatic N) is 5. The standard InChI is InChI=1S/C14H16N6O3S/c1-20(6-9-3-4-10-11(5-9)19-23-18-10)7-12(21)15-14-17-16-13(24-14)8-22-2/h3-5H,6-8H2,1-2H3,(H,15,17,21). The molecule has 9 nitrogen and oxygen atoms in total. The van der Waals surface area contributed by atoms with Crippen molar-refractivity contribution in [3.63, 3.8) is 0 Å². The van der Waals surface area contributed by atoms with E-state index in [0.29, 0.717) is 29.3 Å².